The SMILES string of the molecule is [CH-]1CCCC2(C1)CCC2.[Cl-].[Cl][Ir+2].[Ir].[K][K].[K][K].[c-]1ccccc1N1[CH-]N(c2ccccc2)c2cccnc21.[c-]1ccccc1N1[CH-]N(c2ccccc2)c2nccnc21.c1ccc(-n2c[n+](-c3ccccc3)c3ncccc32)cc1.c1ccc(N2[CH-]N(c3ccccc3)c3nccnc32)cc1. The molecule has 3 aliphatic heterocycles. The standard InChI is InChI=1S/C18H14N3.C18H13N3.C17H13N4.C17H12N4.C9H15.2ClH.2Ir.4K/c2*1-3-8-15(9-4-1)20-14-21(16-10-5-2-6-11-16)18-17(20)12-7-13-19-18;2*1-3-7-14(8-4-1)20-13-21(15-9-5-2-6-10-15)17-16(20)18-11-12-19-17;1-2-5-9(6-3-1)7-4-8-9;;;;;;;;/h1-14H;1-10,12-14H;1-13H;1-9,11-13H;2H,1,3-8H2;2*1H;;;;;;/q+1;-2;-1;-2;-1;;;;+3;;;;/p-2. The Kier molecular flexibility index (Phi) is 35.4. The zero-order valence-corrected chi connectivity index (χ0v) is 75.5. The van der Waals surface area contributed by atoms with Crippen molar-refractivity contribution >= 4 is 216 Å². The molecule has 1 radical (unpaired) electrons. The number of imidazole rings is 1. The van der Waals surface area contributed by atoms with Crippen molar-refractivity contribution in [3.63, 3.8) is 0 Å². The number of benzene rings is 8. The molecule has 2 saturated carbocycles. The first-order valence-electron chi connectivity index (χ1n) is 33.6. The molecule has 0 saturated heterocycles. The molecule has 101 heavy (non-hydrogen) atoms. The quantitative estimate of drug-likeness (QED) is 0.0822. The summed E-state index contributed by atoms with van der Waals surface area (Å²) in [6, 6.07) is 91.6. The molecule has 2 aliphatic carbocycles. The van der Waals surface area contributed by atoms with Gasteiger partial charge in [0.2, 0.25) is 6.33 Å². The first-order chi connectivity index (χ1) is 49.1. The maximum atomic E-state index is 4.64. The molecule has 14 nitrogen and oxygen atoms in total. The molecule has 493 valence electrons. The number of hydrogen-bond donors (Lipinski definition) is 0. The molecule has 5 aliphatic rings. The average molecular weight is 1820 g/mol. The van der Waals surface area contributed by atoms with Crippen LogP contribution in [0.2, 0.25) is 0 Å². The molecule has 22 heteroatoms. The van der Waals surface area contributed by atoms with Crippen LogP contribution in [0.1, 0.15) is 44.9 Å². The zero-order chi connectivity index (χ0) is 68.4. The molecule has 0 unspecified atom stereocenters. The Balaban J connectivity index is 0.000000146. The number of rotatable bonds is 8. The van der Waals surface area contributed by atoms with Crippen molar-refractivity contribution in [3.05, 3.63) is 337 Å². The van der Waals surface area contributed by atoms with Crippen LogP contribution in [0.4, 0.5) is 68.9 Å². The third-order valence-corrected chi connectivity index (χ3v) is 16.9. The number of pyridine rings is 2. The molecule has 18 rings (SSSR count). The monoisotopic (exact) mass is 1820 g/mol. The van der Waals surface area contributed by atoms with Gasteiger partial charge >= 0.3 is 159 Å². The fourth-order valence-corrected chi connectivity index (χ4v) is 12.1. The largest absolute Gasteiger partial charge is 0.478 e. The van der Waals surface area contributed by atoms with Gasteiger partial charge in [-0.25, -0.2) is 29.5 Å². The van der Waals surface area contributed by atoms with Gasteiger partial charge in [-0.3, -0.25) is 0 Å². The van der Waals surface area contributed by atoms with Crippen LogP contribution in [0.5, 0.6) is 0 Å². The van der Waals surface area contributed by atoms with Gasteiger partial charge in [-0.05, 0) is 97.1 Å². The third kappa shape index (κ3) is 21.2. The van der Waals surface area contributed by atoms with E-state index < -0.39 is 0 Å². The van der Waals surface area contributed by atoms with Gasteiger partial charge in [-0.1, -0.05) is 147 Å². The second-order valence-corrected chi connectivity index (χ2v) is 22.8. The minimum atomic E-state index is 0. The van der Waals surface area contributed by atoms with Crippen molar-refractivity contribution in [2.24, 2.45) is 5.41 Å². The van der Waals surface area contributed by atoms with Crippen LogP contribution >= 0.6 is 9.58 Å². The van der Waals surface area contributed by atoms with Gasteiger partial charge in [0.15, 0.2) is 5.52 Å². The molecule has 0 amide bonds. The van der Waals surface area contributed by atoms with Crippen LogP contribution in [0.15, 0.2) is 298 Å². The van der Waals surface area contributed by atoms with E-state index in [1.54, 1.807) is 24.8 Å². The minimum Gasteiger partial charge on any atom is -0.478 e. The van der Waals surface area contributed by atoms with Crippen LogP contribution in [0.25, 0.3) is 22.5 Å². The van der Waals surface area contributed by atoms with Crippen LogP contribution in [-0.2, 0) is 38.0 Å². The summed E-state index contributed by atoms with van der Waals surface area (Å²) in [5, 5.41) is 0. The third-order valence-electron chi connectivity index (χ3n) is 16.9. The number of anilines is 12. The normalized spacial score (nSPS) is 13.6. The minimum absolute atomic E-state index is 0. The molecule has 5 aromatic heterocycles. The second kappa shape index (κ2) is 43.7. The summed E-state index contributed by atoms with van der Waals surface area (Å²) < 4.78 is 4.28. The second-order valence-electron chi connectivity index (χ2n) is 22.8. The first-order valence-corrected chi connectivity index (χ1v) is 68.6. The van der Waals surface area contributed by atoms with Gasteiger partial charge in [-0.2, -0.15) is 78.1 Å². The molecular weight excluding hydrogens is 1760 g/mol. The van der Waals surface area contributed by atoms with Crippen molar-refractivity contribution in [2.75, 3.05) is 29.4 Å². The van der Waals surface area contributed by atoms with E-state index in [1.807, 2.05) is 218 Å². The van der Waals surface area contributed by atoms with Crippen LogP contribution in [0.3, 0.4) is 0 Å². The van der Waals surface area contributed by atoms with Gasteiger partial charge < -0.3 is 48.2 Å². The van der Waals surface area contributed by atoms with E-state index >= 15 is 0 Å². The fourth-order valence-electron chi connectivity index (χ4n) is 12.1. The molecule has 2 fully saturated rings. The van der Waals surface area contributed by atoms with Gasteiger partial charge in [0.1, 0.15) is 46.7 Å². The van der Waals surface area contributed by atoms with Crippen molar-refractivity contribution in [2.45, 2.75) is 44.9 Å². The summed E-state index contributed by atoms with van der Waals surface area (Å²) in [5.74, 6) is 4.23. The summed E-state index contributed by atoms with van der Waals surface area (Å²) in [6.45, 7) is 6.07. The molecule has 1 spiro atoms. The number of aromatic nitrogens is 8. The van der Waals surface area contributed by atoms with Crippen LogP contribution in [0, 0.1) is 44.0 Å². The summed E-state index contributed by atoms with van der Waals surface area (Å²) in [4.78, 5) is 39.3. The van der Waals surface area contributed by atoms with Gasteiger partial charge in [0, 0.05) is 73.8 Å². The number of para-hydroxylation sites is 8. The Hall–Kier alpha value is -3.09. The summed E-state index contributed by atoms with van der Waals surface area (Å²) in [5.41, 5.74) is 12.4. The average Bonchev–Trinajstić information content (AvgIpc) is 1.66. The number of nitrogens with zero attached hydrogens (tertiary/aromatic N) is 14. The Labute approximate surface area is 719 Å². The smallest absolute Gasteiger partial charge is 0.307 e. The molecule has 0 atom stereocenters. The van der Waals surface area contributed by atoms with Crippen molar-refractivity contribution < 1.29 is 55.0 Å². The Morgan fingerprint density at radius 3 is 1.20 bits per heavy atom. The number of halogens is 2. The maximum absolute atomic E-state index is 4.64. The van der Waals surface area contributed by atoms with E-state index in [1.165, 1.54) is 189 Å². The Bertz CT molecular complexity index is 3930. The molecule has 0 bridgehead atoms. The number of hydrogen-bond acceptors (Lipinski definition) is 12. The predicted molar refractivity (Wildman–Crippen MR) is 401 cm³/mol. The zero-order valence-electron chi connectivity index (χ0n) is 56.7. The first kappa shape index (κ1) is 82.0. The molecular formula is C79H67Cl2Ir2K4N14-4. The maximum Gasteiger partial charge on any atom is 0.307 e. The van der Waals surface area contributed by atoms with E-state index in [-0.39, 0.29) is 32.5 Å². The Morgan fingerprint density at radius 2 is 0.772 bits per heavy atom. The van der Waals surface area contributed by atoms with E-state index in [0.29, 0.717) is 0 Å². The van der Waals surface area contributed by atoms with Gasteiger partial charge in [0.05, 0.1) is 5.69 Å². The molecule has 8 heterocycles. The Morgan fingerprint density at radius 1 is 0.396 bits per heavy atom. The van der Waals surface area contributed by atoms with E-state index in [9.17, 15) is 0 Å². The molecule has 0 N–H and O–H groups in total. The molecule has 13 aromatic rings. The summed E-state index contributed by atoms with van der Waals surface area (Å²) >= 11 is 6.47. The van der Waals surface area contributed by atoms with Gasteiger partial charge in [-0.15, -0.1) is 36.4 Å². The van der Waals surface area contributed by atoms with Crippen molar-refractivity contribution in [3.8, 4) is 11.4 Å². The topological polar surface area (TPSA) is 106 Å². The van der Waals surface area contributed by atoms with Crippen LogP contribution in [-0.4, -0.2) is 161 Å². The summed E-state index contributed by atoms with van der Waals surface area (Å²) in [6.07, 6.45) is 25.5. The van der Waals surface area contributed by atoms with Gasteiger partial charge in [0.25, 0.3) is 0 Å². The van der Waals surface area contributed by atoms with Crippen molar-refractivity contribution in [1.29, 1.82) is 0 Å². The molecule has 8 aromatic carbocycles. The predicted octanol–water partition coefficient (Wildman–Crippen LogP) is 14.3. The van der Waals surface area contributed by atoms with Crippen LogP contribution < -0.4 is 46.4 Å². The van der Waals surface area contributed by atoms with Crippen molar-refractivity contribution in [1.82, 2.24) is 34.5 Å². The van der Waals surface area contributed by atoms with E-state index in [0.717, 1.165) is 96.9 Å². The fraction of sp³-hybridized carbons (Fsp3) is 0.101. The summed E-state index contributed by atoms with van der Waals surface area (Å²) in [7, 11) is 4.64. The van der Waals surface area contributed by atoms with E-state index in [2.05, 4.69) is 173 Å². The number of fused-ring (bicyclic) bond motifs is 4. The van der Waals surface area contributed by atoms with E-state index in [4.69, 9.17) is 0 Å².